The molecule has 0 aromatic heterocycles. The molecule has 0 aliphatic rings. The number of ether oxygens (including phenoxy) is 1. The van der Waals surface area contributed by atoms with Gasteiger partial charge in [-0.15, -0.1) is 0 Å². The number of hydrogen-bond donors (Lipinski definition) is 2. The lowest BCUT2D eigenvalue weighted by Gasteiger charge is -2.11. The summed E-state index contributed by atoms with van der Waals surface area (Å²) in [6.07, 6.45) is -4.73. The molecule has 7 heteroatoms. The molecule has 0 atom stereocenters. The molecule has 17 heavy (non-hydrogen) atoms. The van der Waals surface area contributed by atoms with Gasteiger partial charge in [0, 0.05) is 12.1 Å². The van der Waals surface area contributed by atoms with Gasteiger partial charge in [-0.05, 0) is 6.07 Å². The van der Waals surface area contributed by atoms with Crippen LogP contribution in [0, 0.1) is 0 Å². The van der Waals surface area contributed by atoms with E-state index in [-0.39, 0.29) is 6.54 Å². The second-order valence-electron chi connectivity index (χ2n) is 3.12. The number of nitrogens with one attached hydrogen (secondary N) is 2. The van der Waals surface area contributed by atoms with Crippen molar-refractivity contribution < 1.29 is 22.7 Å². The van der Waals surface area contributed by atoms with Gasteiger partial charge in [0.15, 0.2) is 0 Å². The number of urea groups is 1. The third kappa shape index (κ3) is 4.62. The Morgan fingerprint density at radius 3 is 2.59 bits per heavy atom. The molecule has 0 heterocycles. The first kappa shape index (κ1) is 13.1. The van der Waals surface area contributed by atoms with Crippen molar-refractivity contribution in [2.45, 2.75) is 12.8 Å². The summed E-state index contributed by atoms with van der Waals surface area (Å²) in [7, 11) is 1.44. The van der Waals surface area contributed by atoms with Crippen molar-refractivity contribution in [3.05, 3.63) is 29.8 Å². The van der Waals surface area contributed by atoms with Crippen LogP contribution in [0.2, 0.25) is 0 Å². The molecule has 1 aromatic rings. The van der Waals surface area contributed by atoms with E-state index in [1.54, 1.807) is 24.3 Å². The molecule has 94 valence electrons. The normalized spacial score (nSPS) is 10.8. The summed E-state index contributed by atoms with van der Waals surface area (Å²) in [6.45, 7) is -0.0497. The SMILES string of the molecule is COc1ccccc1CNC(=O)NC(F)(F)F. The van der Waals surface area contributed by atoms with Gasteiger partial charge in [0.05, 0.1) is 7.11 Å². The quantitative estimate of drug-likeness (QED) is 0.804. The summed E-state index contributed by atoms with van der Waals surface area (Å²) < 4.78 is 40.3. The van der Waals surface area contributed by atoms with Gasteiger partial charge < -0.3 is 10.1 Å². The van der Waals surface area contributed by atoms with Crippen LogP contribution in [0.4, 0.5) is 18.0 Å². The van der Waals surface area contributed by atoms with E-state index in [0.29, 0.717) is 11.3 Å². The van der Waals surface area contributed by atoms with Gasteiger partial charge in [0.2, 0.25) is 0 Å². The second-order valence-corrected chi connectivity index (χ2v) is 3.12. The van der Waals surface area contributed by atoms with Crippen LogP contribution >= 0.6 is 0 Å². The van der Waals surface area contributed by atoms with Gasteiger partial charge in [-0.1, -0.05) is 18.2 Å². The number of carbonyl (C=O) groups excluding carboxylic acids is 1. The molecule has 2 amide bonds. The van der Waals surface area contributed by atoms with E-state index in [4.69, 9.17) is 4.74 Å². The highest BCUT2D eigenvalue weighted by atomic mass is 19.4. The van der Waals surface area contributed by atoms with Crippen molar-refractivity contribution in [2.24, 2.45) is 0 Å². The van der Waals surface area contributed by atoms with E-state index < -0.39 is 12.3 Å². The van der Waals surface area contributed by atoms with Crippen molar-refractivity contribution in [1.29, 1.82) is 0 Å². The molecule has 0 saturated carbocycles. The van der Waals surface area contributed by atoms with Gasteiger partial charge >= 0.3 is 12.3 Å². The molecule has 0 radical (unpaired) electrons. The largest absolute Gasteiger partial charge is 0.496 e. The number of rotatable bonds is 3. The molecule has 0 aliphatic heterocycles. The summed E-state index contributed by atoms with van der Waals surface area (Å²) >= 11 is 0. The second kappa shape index (κ2) is 5.42. The van der Waals surface area contributed by atoms with Crippen LogP contribution in [0.1, 0.15) is 5.56 Å². The highest BCUT2D eigenvalue weighted by Crippen LogP contribution is 2.16. The smallest absolute Gasteiger partial charge is 0.485 e. The van der Waals surface area contributed by atoms with E-state index in [1.165, 1.54) is 7.11 Å². The molecule has 0 fully saturated rings. The molecule has 0 aliphatic carbocycles. The van der Waals surface area contributed by atoms with Crippen LogP contribution in [0.5, 0.6) is 5.75 Å². The van der Waals surface area contributed by atoms with Crippen molar-refractivity contribution in [3.63, 3.8) is 0 Å². The predicted octanol–water partition coefficient (Wildman–Crippen LogP) is 2.01. The summed E-state index contributed by atoms with van der Waals surface area (Å²) in [5, 5.41) is 2.92. The Bertz CT molecular complexity index is 393. The van der Waals surface area contributed by atoms with E-state index in [0.717, 1.165) is 5.32 Å². The Morgan fingerprint density at radius 2 is 2.00 bits per heavy atom. The zero-order valence-electron chi connectivity index (χ0n) is 8.97. The topological polar surface area (TPSA) is 50.4 Å². The molecule has 0 bridgehead atoms. The Balaban J connectivity index is 2.53. The minimum atomic E-state index is -4.73. The molecule has 0 spiro atoms. The van der Waals surface area contributed by atoms with Crippen LogP contribution in [0.15, 0.2) is 24.3 Å². The van der Waals surface area contributed by atoms with Crippen molar-refractivity contribution in [1.82, 2.24) is 10.6 Å². The summed E-state index contributed by atoms with van der Waals surface area (Å²) in [4.78, 5) is 10.8. The third-order valence-electron chi connectivity index (χ3n) is 1.89. The van der Waals surface area contributed by atoms with Crippen LogP contribution in [-0.4, -0.2) is 19.4 Å². The lowest BCUT2D eigenvalue weighted by molar-refractivity contribution is -0.145. The Kier molecular flexibility index (Phi) is 4.19. The van der Waals surface area contributed by atoms with Gasteiger partial charge in [-0.2, -0.15) is 13.2 Å². The average Bonchev–Trinajstić information content (AvgIpc) is 2.24. The summed E-state index contributed by atoms with van der Waals surface area (Å²) in [5.41, 5.74) is 0.590. The number of halogens is 3. The standard InChI is InChI=1S/C10H11F3N2O2/c1-17-8-5-3-2-4-7(8)6-14-9(16)15-10(11,12)13/h2-5H,6H2,1H3,(H2,14,15,16). The van der Waals surface area contributed by atoms with Crippen LogP contribution in [0.25, 0.3) is 0 Å². The maximum Gasteiger partial charge on any atom is 0.485 e. The molecule has 0 unspecified atom stereocenters. The van der Waals surface area contributed by atoms with Gasteiger partial charge in [-0.25, -0.2) is 10.1 Å². The molecular formula is C10H11F3N2O2. The number of methoxy groups -OCH3 is 1. The Morgan fingerprint density at radius 1 is 1.35 bits per heavy atom. The Hall–Kier alpha value is -1.92. The first-order valence-corrected chi connectivity index (χ1v) is 4.67. The summed E-state index contributed by atoms with van der Waals surface area (Å²) in [6, 6.07) is 5.41. The monoisotopic (exact) mass is 248 g/mol. The highest BCUT2D eigenvalue weighted by Gasteiger charge is 2.29. The fraction of sp³-hybridized carbons (Fsp3) is 0.300. The fourth-order valence-electron chi connectivity index (χ4n) is 1.20. The number of alkyl halides is 3. The molecule has 1 aromatic carbocycles. The number of amides is 2. The van der Waals surface area contributed by atoms with E-state index in [9.17, 15) is 18.0 Å². The number of hydrogen-bond acceptors (Lipinski definition) is 2. The van der Waals surface area contributed by atoms with E-state index in [1.807, 2.05) is 0 Å². The van der Waals surface area contributed by atoms with Gasteiger partial charge in [0.1, 0.15) is 5.75 Å². The minimum Gasteiger partial charge on any atom is -0.496 e. The van der Waals surface area contributed by atoms with Crippen LogP contribution < -0.4 is 15.4 Å². The molecular weight excluding hydrogens is 237 g/mol. The maximum absolute atomic E-state index is 11.8. The molecule has 4 nitrogen and oxygen atoms in total. The van der Waals surface area contributed by atoms with Crippen molar-refractivity contribution >= 4 is 6.03 Å². The lowest BCUT2D eigenvalue weighted by atomic mass is 10.2. The van der Waals surface area contributed by atoms with Crippen molar-refractivity contribution in [2.75, 3.05) is 7.11 Å². The predicted molar refractivity (Wildman–Crippen MR) is 54.4 cm³/mol. The fourth-order valence-corrected chi connectivity index (χ4v) is 1.20. The number of benzene rings is 1. The highest BCUT2D eigenvalue weighted by molar-refractivity contribution is 5.74. The van der Waals surface area contributed by atoms with Gasteiger partial charge in [0.25, 0.3) is 0 Å². The van der Waals surface area contributed by atoms with E-state index in [2.05, 4.69) is 5.32 Å². The van der Waals surface area contributed by atoms with E-state index >= 15 is 0 Å². The molecule has 1 rings (SSSR count). The zero-order chi connectivity index (χ0) is 12.9. The van der Waals surface area contributed by atoms with Crippen molar-refractivity contribution in [3.8, 4) is 5.75 Å². The Labute approximate surface area is 95.8 Å². The molecule has 2 N–H and O–H groups in total. The lowest BCUT2D eigenvalue weighted by Crippen LogP contribution is -2.43. The number of para-hydroxylation sites is 1. The molecule has 0 saturated heterocycles. The first-order chi connectivity index (χ1) is 7.92. The number of carbonyl (C=O) groups is 1. The zero-order valence-corrected chi connectivity index (χ0v) is 8.97. The van der Waals surface area contributed by atoms with Crippen LogP contribution in [-0.2, 0) is 6.54 Å². The maximum atomic E-state index is 11.8. The van der Waals surface area contributed by atoms with Gasteiger partial charge in [-0.3, -0.25) is 0 Å². The first-order valence-electron chi connectivity index (χ1n) is 4.67. The third-order valence-corrected chi connectivity index (χ3v) is 1.89. The summed E-state index contributed by atoms with van der Waals surface area (Å²) in [5.74, 6) is 0.500. The minimum absolute atomic E-state index is 0.0497. The van der Waals surface area contributed by atoms with Crippen LogP contribution in [0.3, 0.4) is 0 Å². The average molecular weight is 248 g/mol.